The molecule has 0 aromatic carbocycles. The van der Waals surface area contributed by atoms with Crippen molar-refractivity contribution in [3.05, 3.63) is 0 Å². The Morgan fingerprint density at radius 1 is 0.434 bits per heavy atom. The molecule has 17 nitrogen and oxygen atoms in total. The topological polar surface area (TPSA) is 296 Å². The van der Waals surface area contributed by atoms with Crippen molar-refractivity contribution in [2.75, 3.05) is 13.1 Å². The minimum absolute atomic E-state index is 0.0505. The standard InChI is InChI=1S/C36H70N10O7/c1-20(2)17-25(39)33(50)43-26(13-9-11-15-37)34(51)42-24(8)32(49)46-29(19-22(5)6)36(53)44-27(14-10-12-16-38)35(52)41-23(7)31(48)45-28(30(40)47)18-21(3)4/h20-29H,9-19,37-39H2,1-8H3,(H2,40,47)(H,41,52)(H,42,51)(H,43,50)(H,44,53)(H,45,48)(H,46,49)/t23?,24?,25-,26?,27?,28?,29?/m0/s1. The molecule has 0 aliphatic rings. The van der Waals surface area contributed by atoms with Gasteiger partial charge in [-0.25, -0.2) is 0 Å². The van der Waals surface area contributed by atoms with Gasteiger partial charge in [-0.2, -0.15) is 0 Å². The molecule has 0 aromatic heterocycles. The number of unbranched alkanes of at least 4 members (excludes halogenated alkanes) is 2. The van der Waals surface area contributed by atoms with E-state index in [1.807, 2.05) is 41.5 Å². The second-order valence-corrected chi connectivity index (χ2v) is 15.2. The molecule has 14 N–H and O–H groups in total. The monoisotopic (exact) mass is 755 g/mol. The number of nitrogens with two attached hydrogens (primary N) is 4. The highest BCUT2D eigenvalue weighted by Crippen LogP contribution is 2.10. The van der Waals surface area contributed by atoms with Crippen LogP contribution in [-0.2, 0) is 33.6 Å². The summed E-state index contributed by atoms with van der Waals surface area (Å²) in [6.07, 6.45) is 3.71. The molecule has 0 bridgehead atoms. The predicted molar refractivity (Wildman–Crippen MR) is 204 cm³/mol. The van der Waals surface area contributed by atoms with E-state index >= 15 is 0 Å². The van der Waals surface area contributed by atoms with Gasteiger partial charge in [-0.3, -0.25) is 33.6 Å². The zero-order chi connectivity index (χ0) is 40.8. The first-order valence-corrected chi connectivity index (χ1v) is 19.0. The second-order valence-electron chi connectivity index (χ2n) is 15.2. The zero-order valence-corrected chi connectivity index (χ0v) is 33.2. The van der Waals surface area contributed by atoms with Crippen LogP contribution in [0.3, 0.4) is 0 Å². The van der Waals surface area contributed by atoms with Crippen molar-refractivity contribution in [3.63, 3.8) is 0 Å². The highest BCUT2D eigenvalue weighted by atomic mass is 16.2. The summed E-state index contributed by atoms with van der Waals surface area (Å²) in [5, 5.41) is 15.9. The van der Waals surface area contributed by atoms with Gasteiger partial charge in [-0.15, -0.1) is 0 Å². The Labute approximate surface area is 315 Å². The second kappa shape index (κ2) is 26.0. The number of primary amides is 1. The van der Waals surface area contributed by atoms with Crippen molar-refractivity contribution in [2.24, 2.45) is 40.7 Å². The first-order chi connectivity index (χ1) is 24.7. The number of hydrogen-bond donors (Lipinski definition) is 10. The number of amides is 7. The molecule has 0 aromatic rings. The summed E-state index contributed by atoms with van der Waals surface area (Å²) >= 11 is 0. The molecule has 7 atom stereocenters. The van der Waals surface area contributed by atoms with Crippen molar-refractivity contribution < 1.29 is 33.6 Å². The van der Waals surface area contributed by atoms with Crippen LogP contribution in [0, 0.1) is 17.8 Å². The molecule has 17 heteroatoms. The molecule has 0 radical (unpaired) electrons. The van der Waals surface area contributed by atoms with Gasteiger partial charge in [-0.05, 0) is 102 Å². The molecule has 0 fully saturated rings. The Morgan fingerprint density at radius 3 is 1.15 bits per heavy atom. The summed E-state index contributed by atoms with van der Waals surface area (Å²) in [5.74, 6) is -4.09. The van der Waals surface area contributed by atoms with Crippen LogP contribution >= 0.6 is 0 Å². The van der Waals surface area contributed by atoms with E-state index in [-0.39, 0.29) is 37.0 Å². The first-order valence-electron chi connectivity index (χ1n) is 19.0. The quantitative estimate of drug-likeness (QED) is 0.0463. The third kappa shape index (κ3) is 20.9. The highest BCUT2D eigenvalue weighted by molar-refractivity contribution is 5.97. The number of rotatable bonds is 27. The lowest BCUT2D eigenvalue weighted by Crippen LogP contribution is -2.59. The van der Waals surface area contributed by atoms with Crippen molar-refractivity contribution in [1.82, 2.24) is 31.9 Å². The fourth-order valence-corrected chi connectivity index (χ4v) is 5.46. The molecule has 6 unspecified atom stereocenters. The largest absolute Gasteiger partial charge is 0.368 e. The van der Waals surface area contributed by atoms with Crippen LogP contribution in [0.4, 0.5) is 0 Å². The Bertz CT molecular complexity index is 1180. The molecule has 0 saturated heterocycles. The molecule has 0 spiro atoms. The summed E-state index contributed by atoms with van der Waals surface area (Å²) in [7, 11) is 0. The van der Waals surface area contributed by atoms with E-state index in [0.717, 1.165) is 0 Å². The SMILES string of the molecule is CC(C)CC(NC(=O)C(C)NC(=O)C(CCCCN)NC(=O)C(CC(C)C)NC(=O)C(C)NC(=O)C(CCCCN)NC(=O)[C@@H](N)CC(C)C)C(N)=O. The van der Waals surface area contributed by atoms with Crippen molar-refractivity contribution >= 4 is 41.4 Å². The lowest BCUT2D eigenvalue weighted by molar-refractivity contribution is -0.135. The van der Waals surface area contributed by atoms with Crippen LogP contribution in [0.25, 0.3) is 0 Å². The van der Waals surface area contributed by atoms with Crippen molar-refractivity contribution in [3.8, 4) is 0 Å². The number of nitrogens with one attached hydrogen (secondary N) is 6. The molecule has 7 amide bonds. The lowest BCUT2D eigenvalue weighted by atomic mass is 10.0. The fraction of sp³-hybridized carbons (Fsp3) is 0.806. The molecular weight excluding hydrogens is 684 g/mol. The average molecular weight is 755 g/mol. The molecule has 0 aliphatic carbocycles. The van der Waals surface area contributed by atoms with E-state index in [4.69, 9.17) is 22.9 Å². The third-order valence-electron chi connectivity index (χ3n) is 8.43. The van der Waals surface area contributed by atoms with E-state index in [1.165, 1.54) is 13.8 Å². The Hall–Kier alpha value is -3.83. The van der Waals surface area contributed by atoms with E-state index < -0.39 is 83.6 Å². The third-order valence-corrected chi connectivity index (χ3v) is 8.43. The van der Waals surface area contributed by atoms with Gasteiger partial charge in [0.2, 0.25) is 41.4 Å². The van der Waals surface area contributed by atoms with Crippen LogP contribution < -0.4 is 54.8 Å². The summed E-state index contributed by atoms with van der Waals surface area (Å²) in [6.45, 7) is 15.0. The van der Waals surface area contributed by atoms with Crippen molar-refractivity contribution in [1.29, 1.82) is 0 Å². The van der Waals surface area contributed by atoms with Gasteiger partial charge < -0.3 is 54.8 Å². The molecule has 306 valence electrons. The predicted octanol–water partition coefficient (Wildman–Crippen LogP) is -0.856. The van der Waals surface area contributed by atoms with Gasteiger partial charge in [0.05, 0.1) is 6.04 Å². The molecule has 0 heterocycles. The summed E-state index contributed by atoms with van der Waals surface area (Å²) in [5.41, 5.74) is 22.7. The molecule has 0 aliphatic heterocycles. The molecule has 53 heavy (non-hydrogen) atoms. The summed E-state index contributed by atoms with van der Waals surface area (Å²) < 4.78 is 0. The van der Waals surface area contributed by atoms with Crippen LogP contribution in [0.15, 0.2) is 0 Å². The van der Waals surface area contributed by atoms with Crippen LogP contribution in [-0.4, -0.2) is 96.7 Å². The minimum atomic E-state index is -1.09. The highest BCUT2D eigenvalue weighted by Gasteiger charge is 2.32. The Balaban J connectivity index is 5.83. The van der Waals surface area contributed by atoms with Crippen molar-refractivity contribution in [2.45, 2.75) is 155 Å². The smallest absolute Gasteiger partial charge is 0.243 e. The number of hydrogen-bond acceptors (Lipinski definition) is 10. The van der Waals surface area contributed by atoms with Crippen LogP contribution in [0.2, 0.25) is 0 Å². The molecule has 0 rings (SSSR count). The van der Waals surface area contributed by atoms with Gasteiger partial charge >= 0.3 is 0 Å². The van der Waals surface area contributed by atoms with Gasteiger partial charge in [0.25, 0.3) is 0 Å². The van der Waals surface area contributed by atoms with Gasteiger partial charge in [0.1, 0.15) is 36.3 Å². The Morgan fingerprint density at radius 2 is 0.774 bits per heavy atom. The maximum atomic E-state index is 13.6. The van der Waals surface area contributed by atoms with Crippen LogP contribution in [0.1, 0.15) is 113 Å². The number of carbonyl (C=O) groups is 7. The Kier molecular flexibility index (Phi) is 24.1. The number of carbonyl (C=O) groups excluding carboxylic acids is 7. The summed E-state index contributed by atoms with van der Waals surface area (Å²) in [4.78, 5) is 91.2. The minimum Gasteiger partial charge on any atom is -0.368 e. The molecular formula is C36H70N10O7. The lowest BCUT2D eigenvalue weighted by Gasteiger charge is -2.27. The average Bonchev–Trinajstić information content (AvgIpc) is 3.05. The summed E-state index contributed by atoms with van der Waals surface area (Å²) in [6, 6.07) is -6.97. The first kappa shape index (κ1) is 49.2. The van der Waals surface area contributed by atoms with E-state index in [2.05, 4.69) is 31.9 Å². The normalized spacial score (nSPS) is 15.4. The van der Waals surface area contributed by atoms with Gasteiger partial charge in [-0.1, -0.05) is 41.5 Å². The fourth-order valence-electron chi connectivity index (χ4n) is 5.46. The zero-order valence-electron chi connectivity index (χ0n) is 33.2. The maximum absolute atomic E-state index is 13.6. The van der Waals surface area contributed by atoms with Gasteiger partial charge in [0.15, 0.2) is 0 Å². The van der Waals surface area contributed by atoms with Crippen LogP contribution in [0.5, 0.6) is 0 Å². The van der Waals surface area contributed by atoms with E-state index in [1.54, 1.807) is 0 Å². The van der Waals surface area contributed by atoms with E-state index in [9.17, 15) is 33.6 Å². The molecule has 0 saturated carbocycles. The van der Waals surface area contributed by atoms with E-state index in [0.29, 0.717) is 51.6 Å². The van der Waals surface area contributed by atoms with Gasteiger partial charge in [0, 0.05) is 0 Å². The maximum Gasteiger partial charge on any atom is 0.243 e.